The van der Waals surface area contributed by atoms with Crippen molar-refractivity contribution in [3.8, 4) is 0 Å². The van der Waals surface area contributed by atoms with Crippen LogP contribution in [0.3, 0.4) is 0 Å². The lowest BCUT2D eigenvalue weighted by Gasteiger charge is -2.22. The van der Waals surface area contributed by atoms with Gasteiger partial charge in [-0.1, -0.05) is 29.8 Å². The van der Waals surface area contributed by atoms with Crippen LogP contribution in [0.4, 0.5) is 5.69 Å². The van der Waals surface area contributed by atoms with Crippen molar-refractivity contribution < 1.29 is 9.59 Å². The number of hydrogen-bond acceptors (Lipinski definition) is 3. The largest absolute Gasteiger partial charge is 0.368 e. The highest BCUT2D eigenvalue weighted by atomic mass is 35.5. The molecule has 136 valence electrons. The minimum absolute atomic E-state index is 0.216. The molecule has 0 unspecified atom stereocenters. The van der Waals surface area contributed by atoms with E-state index in [1.165, 1.54) is 0 Å². The molecule has 1 aliphatic heterocycles. The average molecular weight is 372 g/mol. The monoisotopic (exact) mass is 371 g/mol. The van der Waals surface area contributed by atoms with E-state index >= 15 is 0 Å². The fraction of sp³-hybridized carbons (Fsp3) is 0.300. The number of primary amides is 1. The first-order chi connectivity index (χ1) is 12.4. The number of carbonyl (C=O) groups is 2. The van der Waals surface area contributed by atoms with Gasteiger partial charge < -0.3 is 11.1 Å². The smallest absolute Gasteiger partial charge is 0.255 e. The molecule has 2 aromatic rings. The molecule has 6 heteroatoms. The van der Waals surface area contributed by atoms with Crippen LogP contribution in [0.2, 0.25) is 5.02 Å². The second-order valence-electron chi connectivity index (χ2n) is 6.67. The number of amides is 2. The molecule has 0 saturated carbocycles. The number of aryl methyl sites for hydroxylation is 1. The summed E-state index contributed by atoms with van der Waals surface area (Å²) in [4.78, 5) is 26.2. The molecule has 1 heterocycles. The summed E-state index contributed by atoms with van der Waals surface area (Å²) in [6, 6.07) is 12.7. The summed E-state index contributed by atoms with van der Waals surface area (Å²) >= 11 is 6.15. The Labute approximate surface area is 158 Å². The normalized spacial score (nSPS) is 17.2. The SMILES string of the molecule is Cc1ccc(Cl)c(NC(=O)c2cccc(CN3CCC[C@@H]3C(N)=O)c2)c1. The zero-order chi connectivity index (χ0) is 18.7. The van der Waals surface area contributed by atoms with E-state index in [1.807, 2.05) is 37.3 Å². The van der Waals surface area contributed by atoms with Crippen molar-refractivity contribution >= 4 is 29.1 Å². The number of carbonyl (C=O) groups excluding carboxylic acids is 2. The summed E-state index contributed by atoms with van der Waals surface area (Å²) in [5, 5.41) is 3.36. The van der Waals surface area contributed by atoms with Crippen molar-refractivity contribution in [1.82, 2.24) is 4.90 Å². The third kappa shape index (κ3) is 4.23. The van der Waals surface area contributed by atoms with Crippen molar-refractivity contribution in [2.45, 2.75) is 32.4 Å². The van der Waals surface area contributed by atoms with Gasteiger partial charge in [-0.2, -0.15) is 0 Å². The van der Waals surface area contributed by atoms with Gasteiger partial charge in [0.2, 0.25) is 5.91 Å². The number of nitrogens with one attached hydrogen (secondary N) is 1. The summed E-state index contributed by atoms with van der Waals surface area (Å²) in [6.45, 7) is 3.38. The first-order valence-corrected chi connectivity index (χ1v) is 9.01. The van der Waals surface area contributed by atoms with Gasteiger partial charge in [-0.25, -0.2) is 0 Å². The van der Waals surface area contributed by atoms with Crippen molar-refractivity contribution in [2.24, 2.45) is 5.73 Å². The summed E-state index contributed by atoms with van der Waals surface area (Å²) in [5.74, 6) is -0.502. The number of halogens is 1. The maximum atomic E-state index is 12.6. The molecule has 3 N–H and O–H groups in total. The second-order valence-corrected chi connectivity index (χ2v) is 7.08. The van der Waals surface area contributed by atoms with E-state index in [2.05, 4.69) is 10.2 Å². The number of likely N-dealkylation sites (tertiary alicyclic amines) is 1. The molecule has 26 heavy (non-hydrogen) atoms. The minimum atomic E-state index is -0.287. The van der Waals surface area contributed by atoms with Crippen LogP contribution in [0.5, 0.6) is 0 Å². The number of hydrogen-bond donors (Lipinski definition) is 2. The zero-order valence-electron chi connectivity index (χ0n) is 14.7. The van der Waals surface area contributed by atoms with Gasteiger partial charge in [-0.15, -0.1) is 0 Å². The van der Waals surface area contributed by atoms with Gasteiger partial charge in [-0.05, 0) is 61.7 Å². The first kappa shape index (κ1) is 18.4. The van der Waals surface area contributed by atoms with Gasteiger partial charge in [0.05, 0.1) is 16.8 Å². The molecule has 0 aromatic heterocycles. The van der Waals surface area contributed by atoms with Crippen LogP contribution in [0.25, 0.3) is 0 Å². The number of nitrogens with zero attached hydrogens (tertiary/aromatic N) is 1. The van der Waals surface area contributed by atoms with Gasteiger partial charge >= 0.3 is 0 Å². The average Bonchev–Trinajstić information content (AvgIpc) is 3.07. The molecule has 1 atom stereocenters. The molecule has 1 saturated heterocycles. The molecule has 0 aliphatic carbocycles. The van der Waals surface area contributed by atoms with Gasteiger partial charge in [-0.3, -0.25) is 14.5 Å². The molecule has 0 spiro atoms. The van der Waals surface area contributed by atoms with E-state index in [9.17, 15) is 9.59 Å². The Hall–Kier alpha value is -2.37. The van der Waals surface area contributed by atoms with E-state index in [1.54, 1.807) is 12.1 Å². The van der Waals surface area contributed by atoms with Crippen molar-refractivity contribution in [1.29, 1.82) is 0 Å². The van der Waals surface area contributed by atoms with E-state index in [0.29, 0.717) is 22.8 Å². The van der Waals surface area contributed by atoms with E-state index in [4.69, 9.17) is 17.3 Å². The molecule has 0 radical (unpaired) electrons. The molecular weight excluding hydrogens is 350 g/mol. The second kappa shape index (κ2) is 7.89. The van der Waals surface area contributed by atoms with Crippen LogP contribution in [0.15, 0.2) is 42.5 Å². The third-order valence-corrected chi connectivity index (χ3v) is 4.97. The van der Waals surface area contributed by atoms with Crippen molar-refractivity contribution in [3.63, 3.8) is 0 Å². The maximum Gasteiger partial charge on any atom is 0.255 e. The van der Waals surface area contributed by atoms with E-state index < -0.39 is 0 Å². The summed E-state index contributed by atoms with van der Waals surface area (Å²) in [5.41, 5.74) is 8.61. The first-order valence-electron chi connectivity index (χ1n) is 8.64. The lowest BCUT2D eigenvalue weighted by molar-refractivity contribution is -0.122. The fourth-order valence-corrected chi connectivity index (χ4v) is 3.48. The highest BCUT2D eigenvalue weighted by molar-refractivity contribution is 6.34. The number of rotatable bonds is 5. The van der Waals surface area contributed by atoms with Crippen LogP contribution < -0.4 is 11.1 Å². The lowest BCUT2D eigenvalue weighted by atomic mass is 10.1. The summed E-state index contributed by atoms with van der Waals surface area (Å²) < 4.78 is 0. The highest BCUT2D eigenvalue weighted by Gasteiger charge is 2.28. The third-order valence-electron chi connectivity index (χ3n) is 4.64. The molecule has 2 aromatic carbocycles. The van der Waals surface area contributed by atoms with Crippen molar-refractivity contribution in [3.05, 3.63) is 64.2 Å². The van der Waals surface area contributed by atoms with Crippen LogP contribution in [-0.2, 0) is 11.3 Å². The predicted octanol–water partition coefficient (Wildman–Crippen LogP) is 3.35. The number of benzene rings is 2. The molecule has 1 fully saturated rings. The van der Waals surface area contributed by atoms with Gasteiger partial charge in [0.1, 0.15) is 0 Å². The minimum Gasteiger partial charge on any atom is -0.368 e. The quantitative estimate of drug-likeness (QED) is 0.846. The van der Waals surface area contributed by atoms with Gasteiger partial charge in [0.15, 0.2) is 0 Å². The van der Waals surface area contributed by atoms with Crippen LogP contribution >= 0.6 is 11.6 Å². The Morgan fingerprint density at radius 2 is 2.08 bits per heavy atom. The molecule has 5 nitrogen and oxygen atoms in total. The molecular formula is C20H22ClN3O2. The van der Waals surface area contributed by atoms with Crippen LogP contribution in [0, 0.1) is 6.92 Å². The Bertz CT molecular complexity index is 838. The van der Waals surface area contributed by atoms with Crippen LogP contribution in [-0.4, -0.2) is 29.3 Å². The molecule has 3 rings (SSSR count). The maximum absolute atomic E-state index is 12.6. The standard InChI is InChI=1S/C20H22ClN3O2/c1-13-7-8-16(21)17(10-13)23-20(26)15-5-2-4-14(11-15)12-24-9-3-6-18(24)19(22)25/h2,4-5,7-8,10-11,18H,3,6,9,12H2,1H3,(H2,22,25)(H,23,26)/t18-/m1/s1. The van der Waals surface area contributed by atoms with Crippen molar-refractivity contribution in [2.75, 3.05) is 11.9 Å². The predicted molar refractivity (Wildman–Crippen MR) is 103 cm³/mol. The Balaban J connectivity index is 1.73. The Morgan fingerprint density at radius 3 is 2.85 bits per heavy atom. The molecule has 1 aliphatic rings. The summed E-state index contributed by atoms with van der Waals surface area (Å²) in [7, 11) is 0. The van der Waals surface area contributed by atoms with E-state index in [-0.39, 0.29) is 17.9 Å². The summed E-state index contributed by atoms with van der Waals surface area (Å²) in [6.07, 6.45) is 1.75. The Kier molecular flexibility index (Phi) is 5.59. The number of nitrogens with two attached hydrogens (primary N) is 1. The van der Waals surface area contributed by atoms with Crippen LogP contribution in [0.1, 0.15) is 34.3 Å². The topological polar surface area (TPSA) is 75.4 Å². The number of anilines is 1. The van der Waals surface area contributed by atoms with Gasteiger partial charge in [0.25, 0.3) is 5.91 Å². The highest BCUT2D eigenvalue weighted by Crippen LogP contribution is 2.24. The molecule has 2 amide bonds. The Morgan fingerprint density at radius 1 is 1.27 bits per heavy atom. The fourth-order valence-electron chi connectivity index (χ4n) is 3.31. The van der Waals surface area contributed by atoms with Gasteiger partial charge in [0, 0.05) is 12.1 Å². The zero-order valence-corrected chi connectivity index (χ0v) is 15.4. The lowest BCUT2D eigenvalue weighted by Crippen LogP contribution is -2.39. The molecule has 0 bridgehead atoms. The van der Waals surface area contributed by atoms with E-state index in [0.717, 1.165) is 30.5 Å².